The van der Waals surface area contributed by atoms with Gasteiger partial charge >= 0.3 is 17.9 Å². The minimum absolute atomic E-state index is 0.296. The van der Waals surface area contributed by atoms with Crippen molar-refractivity contribution < 1.29 is 33.7 Å². The fourth-order valence-electron chi connectivity index (χ4n) is 2.62. The molecule has 3 N–H and O–H groups in total. The van der Waals surface area contributed by atoms with Crippen molar-refractivity contribution >= 4 is 17.9 Å². The normalized spacial score (nSPS) is 15.6. The first-order chi connectivity index (χ1) is 14.3. The molecule has 0 rings (SSSR count). The molecule has 0 saturated carbocycles. The van der Waals surface area contributed by atoms with Gasteiger partial charge in [0.1, 0.15) is 23.3 Å². The highest BCUT2D eigenvalue weighted by atomic mass is 16.6. The number of hydrogen-bond donors (Lipinski definition) is 3. The largest absolute Gasteiger partial charge is 0.480 e. The van der Waals surface area contributed by atoms with Crippen molar-refractivity contribution in [3.05, 3.63) is 0 Å². The SMILES string of the molecule is CC(NCCC(NCCC(OC(C)(C)C)C(=O)OC(C)(C)C)C(=O)OC(C)(C)C)C(=O)O. The van der Waals surface area contributed by atoms with Crippen LogP contribution in [0.5, 0.6) is 0 Å². The van der Waals surface area contributed by atoms with E-state index in [1.807, 2.05) is 20.8 Å². The fraction of sp³-hybridized carbons (Fsp3) is 0.870. The molecule has 9 heteroatoms. The second kappa shape index (κ2) is 12.5. The van der Waals surface area contributed by atoms with Gasteiger partial charge in [0.25, 0.3) is 0 Å². The molecule has 0 radical (unpaired) electrons. The second-order valence-corrected chi connectivity index (χ2v) is 10.9. The Morgan fingerprint density at radius 1 is 0.750 bits per heavy atom. The predicted molar refractivity (Wildman–Crippen MR) is 122 cm³/mol. The van der Waals surface area contributed by atoms with Crippen LogP contribution >= 0.6 is 0 Å². The Morgan fingerprint density at radius 2 is 1.22 bits per heavy atom. The maximum atomic E-state index is 12.6. The number of carboxylic acids is 1. The van der Waals surface area contributed by atoms with Gasteiger partial charge in [-0.25, -0.2) is 4.79 Å². The number of ether oxygens (including phenoxy) is 3. The molecule has 32 heavy (non-hydrogen) atoms. The van der Waals surface area contributed by atoms with Gasteiger partial charge in [0.2, 0.25) is 0 Å². The van der Waals surface area contributed by atoms with Crippen LogP contribution < -0.4 is 10.6 Å². The summed E-state index contributed by atoms with van der Waals surface area (Å²) in [5.74, 6) is -1.86. The van der Waals surface area contributed by atoms with Crippen LogP contribution in [0.25, 0.3) is 0 Å². The molecule has 0 fully saturated rings. The lowest BCUT2D eigenvalue weighted by molar-refractivity contribution is -0.177. The number of carbonyl (C=O) groups excluding carboxylic acids is 2. The third-order valence-electron chi connectivity index (χ3n) is 3.91. The van der Waals surface area contributed by atoms with Gasteiger partial charge < -0.3 is 30.0 Å². The lowest BCUT2D eigenvalue weighted by Crippen LogP contribution is -2.46. The number of carboxylic acid groups (broad SMARTS) is 1. The molecule has 0 aliphatic heterocycles. The highest BCUT2D eigenvalue weighted by molar-refractivity contribution is 5.76. The Bertz CT molecular complexity index is 615. The highest BCUT2D eigenvalue weighted by Gasteiger charge is 2.31. The molecule has 0 aromatic heterocycles. The molecule has 0 bridgehead atoms. The summed E-state index contributed by atoms with van der Waals surface area (Å²) >= 11 is 0. The van der Waals surface area contributed by atoms with Crippen molar-refractivity contribution in [1.29, 1.82) is 0 Å². The molecule has 0 aromatic carbocycles. The van der Waals surface area contributed by atoms with Crippen molar-refractivity contribution in [1.82, 2.24) is 10.6 Å². The molecule has 0 aliphatic rings. The van der Waals surface area contributed by atoms with Crippen LogP contribution in [0.2, 0.25) is 0 Å². The monoisotopic (exact) mass is 460 g/mol. The van der Waals surface area contributed by atoms with Crippen LogP contribution in [0, 0.1) is 0 Å². The second-order valence-electron chi connectivity index (χ2n) is 10.9. The average molecular weight is 461 g/mol. The molecule has 0 aromatic rings. The summed E-state index contributed by atoms with van der Waals surface area (Å²) in [6.07, 6.45) is -0.181. The molecule has 9 nitrogen and oxygen atoms in total. The maximum absolute atomic E-state index is 12.6. The lowest BCUT2D eigenvalue weighted by Gasteiger charge is -2.30. The summed E-state index contributed by atoms with van der Waals surface area (Å²) in [6.45, 7) is 18.4. The summed E-state index contributed by atoms with van der Waals surface area (Å²) in [7, 11) is 0. The van der Waals surface area contributed by atoms with Gasteiger partial charge in [-0.15, -0.1) is 0 Å². The van der Waals surface area contributed by atoms with E-state index >= 15 is 0 Å². The first kappa shape index (κ1) is 30.3. The van der Waals surface area contributed by atoms with Crippen LogP contribution in [0.4, 0.5) is 0 Å². The van der Waals surface area contributed by atoms with Crippen LogP contribution in [0.3, 0.4) is 0 Å². The Labute approximate surface area is 192 Å². The van der Waals surface area contributed by atoms with Gasteiger partial charge in [-0.3, -0.25) is 9.59 Å². The summed E-state index contributed by atoms with van der Waals surface area (Å²) in [4.78, 5) is 36.2. The summed E-state index contributed by atoms with van der Waals surface area (Å²) < 4.78 is 16.9. The first-order valence-corrected chi connectivity index (χ1v) is 11.1. The number of aliphatic carboxylic acids is 1. The first-order valence-electron chi connectivity index (χ1n) is 11.1. The number of hydrogen-bond acceptors (Lipinski definition) is 8. The van der Waals surface area contributed by atoms with Crippen molar-refractivity contribution in [3.63, 3.8) is 0 Å². The van der Waals surface area contributed by atoms with Gasteiger partial charge in [-0.1, -0.05) is 0 Å². The summed E-state index contributed by atoms with van der Waals surface area (Å²) in [5.41, 5.74) is -1.86. The Hall–Kier alpha value is -1.71. The molecule has 0 saturated heterocycles. The Balaban J connectivity index is 5.14. The van der Waals surface area contributed by atoms with E-state index < -0.39 is 52.9 Å². The van der Waals surface area contributed by atoms with E-state index in [1.165, 1.54) is 6.92 Å². The summed E-state index contributed by atoms with van der Waals surface area (Å²) in [6, 6.07) is -1.40. The van der Waals surface area contributed by atoms with E-state index in [1.54, 1.807) is 41.5 Å². The van der Waals surface area contributed by atoms with E-state index in [9.17, 15) is 14.4 Å². The summed E-state index contributed by atoms with van der Waals surface area (Å²) in [5, 5.41) is 15.0. The Kier molecular flexibility index (Phi) is 11.8. The van der Waals surface area contributed by atoms with E-state index in [2.05, 4.69) is 10.6 Å². The van der Waals surface area contributed by atoms with Gasteiger partial charge in [0.15, 0.2) is 6.10 Å². The van der Waals surface area contributed by atoms with Gasteiger partial charge in [0, 0.05) is 0 Å². The van der Waals surface area contributed by atoms with E-state index in [0.717, 1.165) is 0 Å². The Morgan fingerprint density at radius 3 is 1.66 bits per heavy atom. The van der Waals surface area contributed by atoms with Gasteiger partial charge in [-0.05, 0) is 95.2 Å². The van der Waals surface area contributed by atoms with E-state index in [-0.39, 0.29) is 0 Å². The van der Waals surface area contributed by atoms with Gasteiger partial charge in [0.05, 0.1) is 5.60 Å². The zero-order valence-electron chi connectivity index (χ0n) is 21.5. The molecule has 0 amide bonds. The molecular weight excluding hydrogens is 416 g/mol. The van der Waals surface area contributed by atoms with Crippen LogP contribution in [-0.2, 0) is 28.6 Å². The quantitative estimate of drug-likeness (QED) is 0.377. The third kappa shape index (κ3) is 15.2. The van der Waals surface area contributed by atoms with Gasteiger partial charge in [-0.2, -0.15) is 0 Å². The molecule has 188 valence electrons. The zero-order chi connectivity index (χ0) is 25.3. The third-order valence-corrected chi connectivity index (χ3v) is 3.91. The van der Waals surface area contributed by atoms with Crippen LogP contribution in [0.15, 0.2) is 0 Å². The highest BCUT2D eigenvalue weighted by Crippen LogP contribution is 2.18. The number of rotatable bonds is 12. The van der Waals surface area contributed by atoms with Crippen LogP contribution in [0.1, 0.15) is 82.1 Å². The molecule has 0 spiro atoms. The average Bonchev–Trinajstić information content (AvgIpc) is 2.54. The standard InChI is InChI=1S/C23H44N2O7/c1-15(18(26)27)24-13-11-16(19(28)31-22(5,6)7)25-14-12-17(30-21(2,3)4)20(29)32-23(8,9)10/h15-17,24-25H,11-14H2,1-10H3,(H,26,27). The maximum Gasteiger partial charge on any atom is 0.335 e. The van der Waals surface area contributed by atoms with Crippen molar-refractivity contribution in [3.8, 4) is 0 Å². The molecule has 3 unspecified atom stereocenters. The van der Waals surface area contributed by atoms with Crippen molar-refractivity contribution in [2.45, 2.75) is 117 Å². The van der Waals surface area contributed by atoms with Crippen molar-refractivity contribution in [2.75, 3.05) is 13.1 Å². The minimum atomic E-state index is -0.966. The van der Waals surface area contributed by atoms with Crippen molar-refractivity contribution in [2.24, 2.45) is 0 Å². The zero-order valence-corrected chi connectivity index (χ0v) is 21.5. The molecular formula is C23H44N2O7. The predicted octanol–water partition coefficient (Wildman–Crippen LogP) is 2.65. The number of carbonyl (C=O) groups is 3. The molecule has 0 aliphatic carbocycles. The van der Waals surface area contributed by atoms with Crippen LogP contribution in [-0.4, -0.2) is 71.1 Å². The molecule has 0 heterocycles. The topological polar surface area (TPSA) is 123 Å². The van der Waals surface area contributed by atoms with E-state index in [0.29, 0.717) is 25.9 Å². The fourth-order valence-corrected chi connectivity index (χ4v) is 2.62. The smallest absolute Gasteiger partial charge is 0.335 e. The van der Waals surface area contributed by atoms with E-state index in [4.69, 9.17) is 19.3 Å². The number of nitrogens with one attached hydrogen (secondary N) is 2. The minimum Gasteiger partial charge on any atom is -0.480 e. The lowest BCUT2D eigenvalue weighted by atomic mass is 10.1. The molecule has 3 atom stereocenters. The number of esters is 2.